The third-order valence-electron chi connectivity index (χ3n) is 2.85. The molecule has 1 spiro atoms. The van der Waals surface area contributed by atoms with Crippen molar-refractivity contribution in [3.8, 4) is 0 Å². The van der Waals surface area contributed by atoms with E-state index < -0.39 is 0 Å². The molecule has 0 unspecified atom stereocenters. The van der Waals surface area contributed by atoms with Crippen LogP contribution in [0.1, 0.15) is 26.7 Å². The number of hydrogen-bond donors (Lipinski definition) is 1. The van der Waals surface area contributed by atoms with Crippen molar-refractivity contribution in [1.82, 2.24) is 10.2 Å². The number of likely N-dealkylation sites (tertiary alicyclic amines) is 1. The molecule has 2 heteroatoms. The van der Waals surface area contributed by atoms with Gasteiger partial charge in [0.2, 0.25) is 0 Å². The Morgan fingerprint density at radius 1 is 1.25 bits per heavy atom. The number of hydrogen-bond acceptors (Lipinski definition) is 2. The van der Waals surface area contributed by atoms with E-state index in [1.54, 1.807) is 0 Å². The molecule has 0 saturated carbocycles. The molecule has 12 heavy (non-hydrogen) atoms. The fourth-order valence-electron chi connectivity index (χ4n) is 2.22. The van der Waals surface area contributed by atoms with Crippen molar-refractivity contribution in [2.75, 3.05) is 33.2 Å². The van der Waals surface area contributed by atoms with Crippen LogP contribution in [0.2, 0.25) is 0 Å². The van der Waals surface area contributed by atoms with Crippen LogP contribution in [0.15, 0.2) is 0 Å². The maximum Gasteiger partial charge on any atom is 0.00801 e. The second-order valence-electron chi connectivity index (χ2n) is 3.94. The van der Waals surface area contributed by atoms with Gasteiger partial charge < -0.3 is 10.2 Å². The molecule has 2 heterocycles. The first kappa shape index (κ1) is 10.0. The van der Waals surface area contributed by atoms with Gasteiger partial charge >= 0.3 is 0 Å². The normalized spacial score (nSPS) is 27.2. The Morgan fingerprint density at radius 3 is 2.25 bits per heavy atom. The van der Waals surface area contributed by atoms with E-state index in [9.17, 15) is 0 Å². The van der Waals surface area contributed by atoms with Crippen LogP contribution >= 0.6 is 0 Å². The molecule has 2 fully saturated rings. The summed E-state index contributed by atoms with van der Waals surface area (Å²) in [6, 6.07) is 0. The number of nitrogens with one attached hydrogen (secondary N) is 1. The summed E-state index contributed by atoms with van der Waals surface area (Å²) in [5.74, 6) is 0. The van der Waals surface area contributed by atoms with E-state index in [2.05, 4.69) is 17.3 Å². The Kier molecular flexibility index (Phi) is 3.53. The summed E-state index contributed by atoms with van der Waals surface area (Å²) >= 11 is 0. The molecule has 2 nitrogen and oxygen atoms in total. The van der Waals surface area contributed by atoms with Crippen molar-refractivity contribution in [3.63, 3.8) is 0 Å². The van der Waals surface area contributed by atoms with Crippen molar-refractivity contribution in [3.05, 3.63) is 0 Å². The summed E-state index contributed by atoms with van der Waals surface area (Å²) in [7, 11) is 2.24. The lowest BCUT2D eigenvalue weighted by Gasteiger charge is -2.48. The van der Waals surface area contributed by atoms with Gasteiger partial charge in [0.1, 0.15) is 0 Å². The van der Waals surface area contributed by atoms with Crippen LogP contribution in [0.5, 0.6) is 0 Å². The van der Waals surface area contributed by atoms with Gasteiger partial charge in [-0.15, -0.1) is 0 Å². The molecule has 2 rings (SSSR count). The van der Waals surface area contributed by atoms with E-state index in [0.29, 0.717) is 5.41 Å². The molecular formula is C10H22N2. The summed E-state index contributed by atoms with van der Waals surface area (Å²) < 4.78 is 0. The van der Waals surface area contributed by atoms with Crippen molar-refractivity contribution in [2.24, 2.45) is 5.41 Å². The highest BCUT2D eigenvalue weighted by molar-refractivity contribution is 4.96. The summed E-state index contributed by atoms with van der Waals surface area (Å²) in [4.78, 5) is 2.46. The molecule has 0 aromatic carbocycles. The average molecular weight is 170 g/mol. The van der Waals surface area contributed by atoms with Gasteiger partial charge in [-0.25, -0.2) is 0 Å². The van der Waals surface area contributed by atoms with Crippen LogP contribution in [0.3, 0.4) is 0 Å². The smallest absolute Gasteiger partial charge is 0.00801 e. The number of rotatable bonds is 0. The van der Waals surface area contributed by atoms with E-state index in [4.69, 9.17) is 0 Å². The van der Waals surface area contributed by atoms with Crippen LogP contribution in [-0.2, 0) is 0 Å². The van der Waals surface area contributed by atoms with Crippen LogP contribution < -0.4 is 5.32 Å². The molecule has 0 aromatic heterocycles. The van der Waals surface area contributed by atoms with Crippen LogP contribution in [0.25, 0.3) is 0 Å². The van der Waals surface area contributed by atoms with Gasteiger partial charge in [0.05, 0.1) is 0 Å². The highest BCUT2D eigenvalue weighted by Crippen LogP contribution is 2.32. The maximum atomic E-state index is 3.37. The highest BCUT2D eigenvalue weighted by Gasteiger charge is 2.39. The molecular weight excluding hydrogens is 148 g/mol. The van der Waals surface area contributed by atoms with Gasteiger partial charge in [0.15, 0.2) is 0 Å². The summed E-state index contributed by atoms with van der Waals surface area (Å²) in [5.41, 5.74) is 0.688. The Bertz CT molecular complexity index is 130. The van der Waals surface area contributed by atoms with Crippen molar-refractivity contribution < 1.29 is 0 Å². The monoisotopic (exact) mass is 170 g/mol. The molecule has 1 N–H and O–H groups in total. The van der Waals surface area contributed by atoms with Gasteiger partial charge in [-0.1, -0.05) is 13.8 Å². The molecule has 0 radical (unpaired) electrons. The van der Waals surface area contributed by atoms with E-state index in [1.807, 2.05) is 13.8 Å². The van der Waals surface area contributed by atoms with Crippen LogP contribution in [0, 0.1) is 5.41 Å². The van der Waals surface area contributed by atoms with E-state index in [1.165, 1.54) is 39.0 Å². The fraction of sp³-hybridized carbons (Fsp3) is 1.00. The third kappa shape index (κ3) is 1.99. The zero-order valence-corrected chi connectivity index (χ0v) is 8.69. The Hall–Kier alpha value is -0.0800. The molecule has 2 aliphatic heterocycles. The van der Waals surface area contributed by atoms with E-state index >= 15 is 0 Å². The Balaban J connectivity index is 0.000000336. The predicted molar refractivity (Wildman–Crippen MR) is 53.4 cm³/mol. The second-order valence-corrected chi connectivity index (χ2v) is 3.94. The summed E-state index contributed by atoms with van der Waals surface area (Å²) in [6.07, 6.45) is 2.85. The molecule has 0 aliphatic carbocycles. The minimum Gasteiger partial charge on any atom is -0.315 e. The first-order valence-electron chi connectivity index (χ1n) is 5.20. The highest BCUT2D eigenvalue weighted by atomic mass is 15.1. The summed E-state index contributed by atoms with van der Waals surface area (Å²) in [5, 5.41) is 3.37. The minimum atomic E-state index is 0.688. The largest absolute Gasteiger partial charge is 0.315 e. The molecule has 2 aliphatic rings. The minimum absolute atomic E-state index is 0.688. The maximum absolute atomic E-state index is 3.37. The van der Waals surface area contributed by atoms with Gasteiger partial charge in [-0.2, -0.15) is 0 Å². The molecule has 0 bridgehead atoms. The predicted octanol–water partition coefficient (Wildman–Crippen LogP) is 1.33. The lowest BCUT2D eigenvalue weighted by molar-refractivity contribution is 0.0558. The average Bonchev–Trinajstić information content (AvgIpc) is 2.06. The van der Waals surface area contributed by atoms with Gasteiger partial charge in [-0.05, 0) is 26.4 Å². The SMILES string of the molecule is CC.CN1CCCC2(CNC2)C1. The third-order valence-corrected chi connectivity index (χ3v) is 2.85. The topological polar surface area (TPSA) is 15.3 Å². The molecule has 0 amide bonds. The summed E-state index contributed by atoms with van der Waals surface area (Å²) in [6.45, 7) is 9.15. The van der Waals surface area contributed by atoms with Crippen molar-refractivity contribution in [2.45, 2.75) is 26.7 Å². The van der Waals surface area contributed by atoms with Gasteiger partial charge in [0, 0.05) is 25.0 Å². The lowest BCUT2D eigenvalue weighted by Crippen LogP contribution is -2.60. The standard InChI is InChI=1S/C8H16N2.C2H6/c1-10-4-2-3-8(7-10)5-9-6-8;1-2/h9H,2-7H2,1H3;1-2H3. The van der Waals surface area contributed by atoms with E-state index in [-0.39, 0.29) is 0 Å². The van der Waals surface area contributed by atoms with Crippen molar-refractivity contribution >= 4 is 0 Å². The zero-order chi connectivity index (χ0) is 9.03. The van der Waals surface area contributed by atoms with Gasteiger partial charge in [0.25, 0.3) is 0 Å². The lowest BCUT2D eigenvalue weighted by atomic mass is 9.75. The number of piperidine rings is 1. The Labute approximate surface area is 76.3 Å². The first-order chi connectivity index (χ1) is 5.81. The Morgan fingerprint density at radius 2 is 1.92 bits per heavy atom. The number of nitrogens with zero attached hydrogens (tertiary/aromatic N) is 1. The molecule has 2 saturated heterocycles. The molecule has 0 atom stereocenters. The van der Waals surface area contributed by atoms with Gasteiger partial charge in [-0.3, -0.25) is 0 Å². The van der Waals surface area contributed by atoms with E-state index in [0.717, 1.165) is 0 Å². The zero-order valence-electron chi connectivity index (χ0n) is 8.69. The van der Waals surface area contributed by atoms with Crippen LogP contribution in [0.4, 0.5) is 0 Å². The quantitative estimate of drug-likeness (QED) is 0.590. The molecule has 0 aromatic rings. The van der Waals surface area contributed by atoms with Crippen LogP contribution in [-0.4, -0.2) is 38.1 Å². The molecule has 72 valence electrons. The fourth-order valence-corrected chi connectivity index (χ4v) is 2.22. The first-order valence-corrected chi connectivity index (χ1v) is 5.20. The second kappa shape index (κ2) is 4.24. The van der Waals surface area contributed by atoms with Crippen molar-refractivity contribution in [1.29, 1.82) is 0 Å².